The van der Waals surface area contributed by atoms with E-state index in [1.54, 1.807) is 37.5 Å². The van der Waals surface area contributed by atoms with Crippen molar-refractivity contribution in [3.63, 3.8) is 0 Å². The van der Waals surface area contributed by atoms with Gasteiger partial charge in [-0.1, -0.05) is 39.0 Å². The Labute approximate surface area is 171 Å². The van der Waals surface area contributed by atoms with Crippen molar-refractivity contribution in [1.82, 2.24) is 10.9 Å². The van der Waals surface area contributed by atoms with E-state index in [1.165, 1.54) is 6.08 Å². The van der Waals surface area contributed by atoms with Crippen molar-refractivity contribution in [3.8, 4) is 11.5 Å². The van der Waals surface area contributed by atoms with Gasteiger partial charge in [-0.25, -0.2) is 0 Å². The summed E-state index contributed by atoms with van der Waals surface area (Å²) in [6, 6.07) is 12.7. The molecule has 0 heterocycles. The number of hydrazine groups is 1. The van der Waals surface area contributed by atoms with Crippen LogP contribution in [0, 0.1) is 5.92 Å². The lowest BCUT2D eigenvalue weighted by Crippen LogP contribution is -2.40. The van der Waals surface area contributed by atoms with Gasteiger partial charge in [0.25, 0.3) is 11.8 Å². The summed E-state index contributed by atoms with van der Waals surface area (Å²) in [7, 11) is 1.57. The third kappa shape index (κ3) is 6.99. The molecule has 6 nitrogen and oxygen atoms in total. The number of amides is 2. The lowest BCUT2D eigenvalue weighted by Gasteiger charge is -2.12. The van der Waals surface area contributed by atoms with Crippen molar-refractivity contribution < 1.29 is 19.1 Å². The molecule has 0 unspecified atom stereocenters. The molecule has 0 aliphatic carbocycles. The van der Waals surface area contributed by atoms with E-state index in [2.05, 4.69) is 24.7 Å². The van der Waals surface area contributed by atoms with Gasteiger partial charge >= 0.3 is 0 Å². The maximum Gasteiger partial charge on any atom is 0.269 e. The van der Waals surface area contributed by atoms with Gasteiger partial charge in [-0.15, -0.1) is 0 Å². The molecule has 0 bridgehead atoms. The highest BCUT2D eigenvalue weighted by Crippen LogP contribution is 2.28. The topological polar surface area (TPSA) is 76.7 Å². The van der Waals surface area contributed by atoms with Crippen LogP contribution in [0.4, 0.5) is 0 Å². The highest BCUT2D eigenvalue weighted by Gasteiger charge is 2.07. The quantitative estimate of drug-likeness (QED) is 0.526. The number of hydrogen-bond donors (Lipinski definition) is 2. The molecule has 0 saturated heterocycles. The maximum absolute atomic E-state index is 12.1. The van der Waals surface area contributed by atoms with Crippen molar-refractivity contribution in [2.75, 3.05) is 13.7 Å². The molecule has 6 heteroatoms. The fourth-order valence-electron chi connectivity index (χ4n) is 2.46. The summed E-state index contributed by atoms with van der Waals surface area (Å²) in [6.07, 6.45) is 3.87. The van der Waals surface area contributed by atoms with Crippen LogP contribution in [-0.2, 0) is 11.2 Å². The van der Waals surface area contributed by atoms with Gasteiger partial charge in [0.05, 0.1) is 13.7 Å². The SMILES string of the molecule is CCc1ccc(C(=O)NNC(=O)/C=C/c2ccc(OCC(C)C)c(OC)c2)cc1. The summed E-state index contributed by atoms with van der Waals surface area (Å²) in [5.74, 6) is 0.842. The van der Waals surface area contributed by atoms with Crippen molar-refractivity contribution in [1.29, 1.82) is 0 Å². The number of methoxy groups -OCH3 is 1. The summed E-state index contributed by atoms with van der Waals surface area (Å²) in [6.45, 7) is 6.78. The number of aryl methyl sites for hydroxylation is 1. The smallest absolute Gasteiger partial charge is 0.269 e. The van der Waals surface area contributed by atoms with Gasteiger partial charge in [0.2, 0.25) is 0 Å². The van der Waals surface area contributed by atoms with Gasteiger partial charge < -0.3 is 9.47 Å². The summed E-state index contributed by atoms with van der Waals surface area (Å²) in [5, 5.41) is 0. The zero-order chi connectivity index (χ0) is 21.2. The number of ether oxygens (including phenoxy) is 2. The summed E-state index contributed by atoms with van der Waals surface area (Å²) in [4.78, 5) is 24.1. The number of nitrogens with one attached hydrogen (secondary N) is 2. The Morgan fingerprint density at radius 1 is 1.03 bits per heavy atom. The fourth-order valence-corrected chi connectivity index (χ4v) is 2.46. The van der Waals surface area contributed by atoms with Crippen LogP contribution >= 0.6 is 0 Å². The van der Waals surface area contributed by atoms with E-state index in [-0.39, 0.29) is 5.91 Å². The predicted molar refractivity (Wildman–Crippen MR) is 114 cm³/mol. The average Bonchev–Trinajstić information content (AvgIpc) is 2.74. The van der Waals surface area contributed by atoms with Crippen molar-refractivity contribution in [3.05, 3.63) is 65.2 Å². The van der Waals surface area contributed by atoms with Crippen molar-refractivity contribution in [2.45, 2.75) is 27.2 Å². The average molecular weight is 396 g/mol. The molecule has 0 radical (unpaired) electrons. The van der Waals surface area contributed by atoms with Crippen LogP contribution in [-0.4, -0.2) is 25.5 Å². The third-order valence-corrected chi connectivity index (χ3v) is 4.11. The van der Waals surface area contributed by atoms with E-state index in [0.717, 1.165) is 17.5 Å². The Morgan fingerprint density at radius 2 is 1.76 bits per heavy atom. The summed E-state index contributed by atoms with van der Waals surface area (Å²) in [5.41, 5.74) is 7.16. The third-order valence-electron chi connectivity index (χ3n) is 4.11. The number of benzene rings is 2. The second-order valence-electron chi connectivity index (χ2n) is 6.94. The zero-order valence-corrected chi connectivity index (χ0v) is 17.3. The molecule has 0 aliphatic heterocycles. The van der Waals surface area contributed by atoms with Crippen LogP contribution in [0.15, 0.2) is 48.5 Å². The molecule has 0 saturated carbocycles. The Bertz CT molecular complexity index is 858. The highest BCUT2D eigenvalue weighted by molar-refractivity contribution is 5.97. The van der Waals surface area contributed by atoms with Crippen LogP contribution in [0.25, 0.3) is 6.08 Å². The summed E-state index contributed by atoms with van der Waals surface area (Å²) < 4.78 is 11.1. The number of hydrogen-bond acceptors (Lipinski definition) is 4. The minimum atomic E-state index is -0.442. The van der Waals surface area contributed by atoms with E-state index >= 15 is 0 Å². The monoisotopic (exact) mass is 396 g/mol. The Balaban J connectivity index is 1.91. The highest BCUT2D eigenvalue weighted by atomic mass is 16.5. The second kappa shape index (κ2) is 10.9. The molecule has 0 aliphatic rings. The van der Waals surface area contributed by atoms with E-state index in [1.807, 2.05) is 25.1 Å². The van der Waals surface area contributed by atoms with Crippen molar-refractivity contribution >= 4 is 17.9 Å². The summed E-state index contributed by atoms with van der Waals surface area (Å²) >= 11 is 0. The van der Waals surface area contributed by atoms with Crippen LogP contribution in [0.5, 0.6) is 11.5 Å². The molecular weight excluding hydrogens is 368 g/mol. The number of carbonyl (C=O) groups excluding carboxylic acids is 2. The van der Waals surface area contributed by atoms with Crippen LogP contribution in [0.2, 0.25) is 0 Å². The zero-order valence-electron chi connectivity index (χ0n) is 17.3. The molecule has 29 heavy (non-hydrogen) atoms. The van der Waals surface area contributed by atoms with Gasteiger partial charge in [0, 0.05) is 11.6 Å². The van der Waals surface area contributed by atoms with Crippen molar-refractivity contribution in [2.24, 2.45) is 5.92 Å². The van der Waals surface area contributed by atoms with Crippen LogP contribution in [0.3, 0.4) is 0 Å². The Morgan fingerprint density at radius 3 is 2.38 bits per heavy atom. The predicted octanol–water partition coefficient (Wildman–Crippen LogP) is 3.77. The molecule has 0 fully saturated rings. The molecule has 154 valence electrons. The molecule has 0 spiro atoms. The Kier molecular flexibility index (Phi) is 8.27. The van der Waals surface area contributed by atoms with Crippen LogP contribution in [0.1, 0.15) is 42.3 Å². The first-order valence-electron chi connectivity index (χ1n) is 9.61. The van der Waals surface area contributed by atoms with Gasteiger partial charge in [0.1, 0.15) is 0 Å². The molecule has 2 aromatic carbocycles. The molecule has 0 atom stereocenters. The minimum Gasteiger partial charge on any atom is -0.493 e. The standard InChI is InChI=1S/C23H28N2O4/c1-5-17-6-10-19(11-7-17)23(27)25-24-22(26)13-9-18-8-12-20(21(14-18)28-4)29-15-16(2)3/h6-14,16H,5,15H2,1-4H3,(H,24,26)(H,25,27)/b13-9+. The lowest BCUT2D eigenvalue weighted by atomic mass is 10.1. The lowest BCUT2D eigenvalue weighted by molar-refractivity contribution is -0.117. The van der Waals surface area contributed by atoms with Gasteiger partial charge in [-0.05, 0) is 53.8 Å². The van der Waals surface area contributed by atoms with Gasteiger partial charge in [0.15, 0.2) is 11.5 Å². The van der Waals surface area contributed by atoms with Gasteiger partial charge in [-0.2, -0.15) is 0 Å². The molecular formula is C23H28N2O4. The molecule has 2 rings (SSSR count). The maximum atomic E-state index is 12.1. The largest absolute Gasteiger partial charge is 0.493 e. The molecule has 2 amide bonds. The molecule has 2 aromatic rings. The second-order valence-corrected chi connectivity index (χ2v) is 6.94. The minimum absolute atomic E-state index is 0.372. The normalized spacial score (nSPS) is 10.8. The first kappa shape index (κ1) is 22.0. The Hall–Kier alpha value is -3.28. The van der Waals surface area contributed by atoms with E-state index in [4.69, 9.17) is 9.47 Å². The number of rotatable bonds is 8. The first-order chi connectivity index (χ1) is 13.9. The number of carbonyl (C=O) groups is 2. The van der Waals surface area contributed by atoms with Crippen LogP contribution < -0.4 is 20.3 Å². The van der Waals surface area contributed by atoms with E-state index in [0.29, 0.717) is 29.6 Å². The first-order valence-corrected chi connectivity index (χ1v) is 9.61. The molecule has 0 aromatic heterocycles. The van der Waals surface area contributed by atoms with Gasteiger partial charge in [-0.3, -0.25) is 20.4 Å². The van der Waals surface area contributed by atoms with E-state index < -0.39 is 5.91 Å². The fraction of sp³-hybridized carbons (Fsp3) is 0.304. The molecule has 2 N–H and O–H groups in total. The van der Waals surface area contributed by atoms with E-state index in [9.17, 15) is 9.59 Å².